The first-order valence-corrected chi connectivity index (χ1v) is 10.0. The minimum absolute atomic E-state index is 0.00196. The van der Waals surface area contributed by atoms with E-state index in [1.54, 1.807) is 19.3 Å². The molecule has 0 aliphatic carbocycles. The monoisotopic (exact) mass is 471 g/mol. The number of amides is 1. The molecule has 0 saturated carbocycles. The van der Waals surface area contributed by atoms with Crippen LogP contribution in [0.5, 0.6) is 5.75 Å². The summed E-state index contributed by atoms with van der Waals surface area (Å²) in [5.41, 5.74) is 1.33. The van der Waals surface area contributed by atoms with Gasteiger partial charge in [-0.2, -0.15) is 8.78 Å². The number of carbonyl (C=O) groups is 1. The fourth-order valence-corrected chi connectivity index (χ4v) is 3.26. The highest BCUT2D eigenvalue weighted by Gasteiger charge is 2.30. The largest absolute Gasteiger partial charge is 0.493 e. The lowest BCUT2D eigenvalue weighted by Gasteiger charge is -2.16. The van der Waals surface area contributed by atoms with Gasteiger partial charge < -0.3 is 19.8 Å². The van der Waals surface area contributed by atoms with Crippen LogP contribution in [0.3, 0.4) is 0 Å². The van der Waals surface area contributed by atoms with Gasteiger partial charge in [0, 0.05) is 43.9 Å². The van der Waals surface area contributed by atoms with Crippen molar-refractivity contribution in [2.75, 3.05) is 17.7 Å². The van der Waals surface area contributed by atoms with Gasteiger partial charge in [0.25, 0.3) is 0 Å². The van der Waals surface area contributed by atoms with E-state index < -0.39 is 17.6 Å². The van der Waals surface area contributed by atoms with Crippen molar-refractivity contribution in [3.8, 4) is 17.0 Å². The summed E-state index contributed by atoms with van der Waals surface area (Å²) >= 11 is 0. The first-order valence-electron chi connectivity index (χ1n) is 10.0. The Morgan fingerprint density at radius 3 is 2.56 bits per heavy atom. The van der Waals surface area contributed by atoms with Crippen LogP contribution in [0.25, 0.3) is 16.9 Å². The summed E-state index contributed by atoms with van der Waals surface area (Å²) in [6, 6.07) is 4.04. The number of pyridine rings is 2. The van der Waals surface area contributed by atoms with Crippen molar-refractivity contribution in [3.05, 3.63) is 54.1 Å². The van der Waals surface area contributed by atoms with E-state index in [2.05, 4.69) is 30.6 Å². The molecule has 0 aliphatic rings. The zero-order chi connectivity index (χ0) is 24.6. The number of fused-ring (bicyclic) bond motifs is 1. The molecule has 0 fully saturated rings. The summed E-state index contributed by atoms with van der Waals surface area (Å²) in [4.78, 5) is 27.4. The fraction of sp³-hybridized carbons (Fsp3) is 0.227. The van der Waals surface area contributed by atoms with Gasteiger partial charge in [0.2, 0.25) is 11.7 Å². The molecule has 0 saturated heterocycles. The van der Waals surface area contributed by atoms with Crippen LogP contribution in [0.15, 0.2) is 36.8 Å². The minimum atomic E-state index is -3.37. The number of ether oxygens (including phenoxy) is 1. The first kappa shape index (κ1) is 23.0. The molecule has 2 N–H and O–H groups in total. The van der Waals surface area contributed by atoms with Gasteiger partial charge in [-0.1, -0.05) is 0 Å². The summed E-state index contributed by atoms with van der Waals surface area (Å²) in [6.07, 6.45) is 4.52. The molecule has 12 heteroatoms. The van der Waals surface area contributed by atoms with Crippen LogP contribution in [-0.2, 0) is 10.7 Å². The maximum atomic E-state index is 14.6. The number of rotatable bonds is 6. The number of carbonyl (C=O) groups excluding carboxylic acids is 1. The van der Waals surface area contributed by atoms with Crippen LogP contribution < -0.4 is 15.4 Å². The molecule has 176 valence electrons. The van der Waals surface area contributed by atoms with Crippen molar-refractivity contribution in [2.24, 2.45) is 0 Å². The van der Waals surface area contributed by atoms with Crippen molar-refractivity contribution >= 4 is 28.9 Å². The van der Waals surface area contributed by atoms with E-state index in [0.29, 0.717) is 18.3 Å². The molecule has 4 aromatic heterocycles. The lowest BCUT2D eigenvalue weighted by atomic mass is 10.2. The predicted octanol–water partition coefficient (Wildman–Crippen LogP) is 4.46. The molecule has 4 heterocycles. The number of imidazole rings is 1. The normalized spacial score (nSPS) is 11.5. The molecule has 9 nitrogen and oxygen atoms in total. The number of anilines is 3. The van der Waals surface area contributed by atoms with Crippen LogP contribution in [0.4, 0.5) is 30.5 Å². The van der Waals surface area contributed by atoms with Gasteiger partial charge in [-0.15, -0.1) is 0 Å². The summed E-state index contributed by atoms with van der Waals surface area (Å²) in [6.45, 7) is 3.70. The second-order valence-corrected chi connectivity index (χ2v) is 7.62. The molecule has 0 unspecified atom stereocenters. The van der Waals surface area contributed by atoms with Gasteiger partial charge in [0.1, 0.15) is 11.6 Å². The maximum absolute atomic E-state index is 14.6. The molecule has 0 spiro atoms. The standard InChI is InChI=1S/C22H20F3N7O2/c1-11-9-32-10-13(5-14(23)20(32)27-11)15-6-19(31-21(30-15)22(3,24)25)29-16-7-18(28-12(2)33)26-8-17(16)34-4/h5-10H,1-4H3,(H2,26,28,29,30,31,33). The third kappa shape index (κ3) is 4.75. The van der Waals surface area contributed by atoms with Crippen molar-refractivity contribution in [2.45, 2.75) is 26.7 Å². The molecule has 0 aliphatic heterocycles. The lowest BCUT2D eigenvalue weighted by molar-refractivity contribution is -0.114. The summed E-state index contributed by atoms with van der Waals surface area (Å²) in [5.74, 6) is -4.60. The number of aryl methyl sites for hydroxylation is 1. The smallest absolute Gasteiger partial charge is 0.303 e. The van der Waals surface area contributed by atoms with Gasteiger partial charge in [-0.05, 0) is 13.0 Å². The van der Waals surface area contributed by atoms with E-state index in [1.165, 1.54) is 42.8 Å². The Morgan fingerprint density at radius 1 is 1.12 bits per heavy atom. The molecule has 1 amide bonds. The second kappa shape index (κ2) is 8.61. The van der Waals surface area contributed by atoms with Gasteiger partial charge in [0.05, 0.1) is 30.4 Å². The van der Waals surface area contributed by atoms with E-state index in [9.17, 15) is 18.0 Å². The Balaban J connectivity index is 1.82. The Labute approximate surface area is 192 Å². The number of nitrogens with zero attached hydrogens (tertiary/aromatic N) is 5. The number of hydrogen-bond donors (Lipinski definition) is 2. The van der Waals surface area contributed by atoms with Crippen LogP contribution in [0, 0.1) is 12.7 Å². The van der Waals surface area contributed by atoms with E-state index >= 15 is 0 Å². The number of alkyl halides is 2. The number of methoxy groups -OCH3 is 1. The lowest BCUT2D eigenvalue weighted by Crippen LogP contribution is -2.15. The highest BCUT2D eigenvalue weighted by molar-refractivity contribution is 5.88. The molecule has 0 radical (unpaired) electrons. The summed E-state index contributed by atoms with van der Waals surface area (Å²) < 4.78 is 49.8. The van der Waals surface area contributed by atoms with E-state index in [0.717, 1.165) is 0 Å². The van der Waals surface area contributed by atoms with Crippen LogP contribution >= 0.6 is 0 Å². The number of aromatic nitrogens is 5. The SMILES string of the molecule is COc1cnc(NC(C)=O)cc1Nc1cc(-c2cc(F)c3nc(C)cn3c2)nc(C(C)(F)F)n1. The zero-order valence-electron chi connectivity index (χ0n) is 18.7. The van der Waals surface area contributed by atoms with E-state index in [1.807, 2.05) is 0 Å². The molecule has 0 atom stereocenters. The number of hydrogen-bond acceptors (Lipinski definition) is 7. The zero-order valence-corrected chi connectivity index (χ0v) is 18.7. The third-order valence-electron chi connectivity index (χ3n) is 4.70. The van der Waals surface area contributed by atoms with Crippen LogP contribution in [0.1, 0.15) is 25.4 Å². The molecular formula is C22H20F3N7O2. The molecule has 4 rings (SSSR count). The molecule has 4 aromatic rings. The first-order chi connectivity index (χ1) is 16.0. The average Bonchev–Trinajstić information content (AvgIpc) is 3.13. The molecule has 0 bridgehead atoms. The third-order valence-corrected chi connectivity index (χ3v) is 4.70. The topological polar surface area (TPSA) is 106 Å². The van der Waals surface area contributed by atoms with Gasteiger partial charge in [-0.3, -0.25) is 4.79 Å². The number of halogens is 3. The highest BCUT2D eigenvalue weighted by Crippen LogP contribution is 2.33. The average molecular weight is 471 g/mol. The van der Waals surface area contributed by atoms with E-state index in [4.69, 9.17) is 4.74 Å². The van der Waals surface area contributed by atoms with Gasteiger partial charge in [-0.25, -0.2) is 24.3 Å². The van der Waals surface area contributed by atoms with E-state index in [-0.39, 0.29) is 40.2 Å². The summed E-state index contributed by atoms with van der Waals surface area (Å²) in [7, 11) is 1.41. The fourth-order valence-electron chi connectivity index (χ4n) is 3.26. The highest BCUT2D eigenvalue weighted by atomic mass is 19.3. The Morgan fingerprint density at radius 2 is 1.88 bits per heavy atom. The van der Waals surface area contributed by atoms with Gasteiger partial charge in [0.15, 0.2) is 17.2 Å². The van der Waals surface area contributed by atoms with Crippen molar-refractivity contribution in [1.82, 2.24) is 24.3 Å². The molecular weight excluding hydrogens is 451 g/mol. The Bertz CT molecular complexity index is 1400. The Hall–Kier alpha value is -4.22. The Kier molecular flexibility index (Phi) is 5.82. The summed E-state index contributed by atoms with van der Waals surface area (Å²) in [5, 5.41) is 5.43. The van der Waals surface area contributed by atoms with Gasteiger partial charge >= 0.3 is 5.92 Å². The van der Waals surface area contributed by atoms with Crippen molar-refractivity contribution in [1.29, 1.82) is 0 Å². The van der Waals surface area contributed by atoms with Crippen LogP contribution in [0.2, 0.25) is 0 Å². The molecule has 0 aromatic carbocycles. The van der Waals surface area contributed by atoms with Crippen molar-refractivity contribution < 1.29 is 22.7 Å². The van der Waals surface area contributed by atoms with Crippen molar-refractivity contribution in [3.63, 3.8) is 0 Å². The molecule has 34 heavy (non-hydrogen) atoms. The second-order valence-electron chi connectivity index (χ2n) is 7.62. The predicted molar refractivity (Wildman–Crippen MR) is 119 cm³/mol. The number of nitrogens with one attached hydrogen (secondary N) is 2. The van der Waals surface area contributed by atoms with Crippen LogP contribution in [-0.4, -0.2) is 37.4 Å². The minimum Gasteiger partial charge on any atom is -0.493 e. The quantitative estimate of drug-likeness (QED) is 0.428. The maximum Gasteiger partial charge on any atom is 0.303 e.